The third kappa shape index (κ3) is 5.98. The van der Waals surface area contributed by atoms with Crippen LogP contribution >= 0.6 is 11.8 Å². The molecule has 5 heteroatoms. The largest absolute Gasteiger partial charge is 0.497 e. The van der Waals surface area contributed by atoms with Gasteiger partial charge in [0.1, 0.15) is 23.0 Å². The molecule has 3 fully saturated rings. The van der Waals surface area contributed by atoms with E-state index in [-0.39, 0.29) is 10.3 Å². The number of hydrogen-bond acceptors (Lipinski definition) is 5. The SMILES string of the molecule is CCC1(CC)CCC2(CC1)c1ccccc1-c1c2c2c(c3cc4c(cc13)OC(C1CCCCC1)(C1CCCCC1)S4)OC(c1ccc(OC)cc1)(c1ccc(OC)cc1)C=C2. The lowest BCUT2D eigenvalue weighted by Crippen LogP contribution is -2.47. The summed E-state index contributed by atoms with van der Waals surface area (Å²) in [6.07, 6.45) is 25.1. The molecule has 5 aromatic carbocycles. The number of fused-ring (bicyclic) bond motifs is 11. The van der Waals surface area contributed by atoms with E-state index in [1.54, 1.807) is 14.2 Å². The molecular formula is C56H62O4S. The van der Waals surface area contributed by atoms with Gasteiger partial charge < -0.3 is 18.9 Å². The molecule has 3 saturated carbocycles. The Labute approximate surface area is 367 Å². The summed E-state index contributed by atoms with van der Waals surface area (Å²) >= 11 is 2.08. The van der Waals surface area contributed by atoms with Crippen LogP contribution in [0.5, 0.6) is 23.0 Å². The van der Waals surface area contributed by atoms with Crippen molar-refractivity contribution in [2.24, 2.45) is 17.3 Å². The quantitative estimate of drug-likeness (QED) is 0.156. The first-order chi connectivity index (χ1) is 29.9. The molecular weight excluding hydrogens is 769 g/mol. The Morgan fingerprint density at radius 1 is 0.656 bits per heavy atom. The topological polar surface area (TPSA) is 36.9 Å². The second-order valence-electron chi connectivity index (χ2n) is 19.4. The fourth-order valence-corrected chi connectivity index (χ4v) is 14.9. The van der Waals surface area contributed by atoms with Crippen molar-refractivity contribution in [2.75, 3.05) is 14.2 Å². The van der Waals surface area contributed by atoms with E-state index in [2.05, 4.69) is 123 Å². The fourth-order valence-electron chi connectivity index (χ4n) is 13.2. The maximum Gasteiger partial charge on any atom is 0.178 e. The molecule has 2 aliphatic heterocycles. The molecule has 0 unspecified atom stereocenters. The summed E-state index contributed by atoms with van der Waals surface area (Å²) in [5, 5.41) is 2.47. The number of benzene rings is 5. The zero-order chi connectivity index (χ0) is 41.4. The van der Waals surface area contributed by atoms with Gasteiger partial charge in [-0.2, -0.15) is 0 Å². The third-order valence-electron chi connectivity index (χ3n) is 16.9. The van der Waals surface area contributed by atoms with E-state index < -0.39 is 5.60 Å². The third-order valence-corrected chi connectivity index (χ3v) is 18.5. The average molecular weight is 831 g/mol. The lowest BCUT2D eigenvalue weighted by Gasteiger charge is -2.47. The number of methoxy groups -OCH3 is 2. The molecule has 0 radical (unpaired) electrons. The summed E-state index contributed by atoms with van der Waals surface area (Å²) in [5.41, 5.74) is 8.60. The Morgan fingerprint density at radius 2 is 1.25 bits per heavy atom. The first-order valence-corrected chi connectivity index (χ1v) is 24.5. The van der Waals surface area contributed by atoms with Gasteiger partial charge in [-0.25, -0.2) is 0 Å². The summed E-state index contributed by atoms with van der Waals surface area (Å²) in [7, 11) is 3.46. The van der Waals surface area contributed by atoms with Gasteiger partial charge in [0.15, 0.2) is 10.5 Å². The van der Waals surface area contributed by atoms with Gasteiger partial charge in [-0.05, 0) is 127 Å². The minimum atomic E-state index is -0.881. The van der Waals surface area contributed by atoms with Gasteiger partial charge in [0, 0.05) is 39.3 Å². The van der Waals surface area contributed by atoms with E-state index >= 15 is 0 Å². The van der Waals surface area contributed by atoms with Gasteiger partial charge in [0.05, 0.1) is 19.1 Å². The molecule has 4 aliphatic carbocycles. The predicted molar refractivity (Wildman–Crippen MR) is 250 cm³/mol. The van der Waals surface area contributed by atoms with Crippen molar-refractivity contribution in [2.45, 2.75) is 137 Å². The van der Waals surface area contributed by atoms with Gasteiger partial charge in [-0.1, -0.05) is 132 Å². The lowest BCUT2D eigenvalue weighted by atomic mass is 9.58. The highest BCUT2D eigenvalue weighted by molar-refractivity contribution is 8.01. The maximum absolute atomic E-state index is 7.92. The summed E-state index contributed by atoms with van der Waals surface area (Å²) in [4.78, 5) is 1.09. The van der Waals surface area contributed by atoms with Gasteiger partial charge in [-0.15, -0.1) is 0 Å². The molecule has 316 valence electrons. The first-order valence-electron chi connectivity index (χ1n) is 23.7. The summed E-state index contributed by atoms with van der Waals surface area (Å²) in [6.45, 7) is 4.84. The molecule has 5 aromatic rings. The van der Waals surface area contributed by atoms with Crippen LogP contribution in [0.15, 0.2) is 95.9 Å². The standard InChI is InChI=1S/C56H62O4S/c1-5-53(6-2)31-33-54(34-32-53)47-20-14-13-19-43(47)50-45-35-48-49(61-56(59-48,39-15-9-7-10-16-39)40-17-11-8-12-18-40)36-46(45)52-44(51(50)54)29-30-55(60-52,37-21-25-41(57-3)26-22-37)38-23-27-42(58-4)28-24-38/h13-14,19-30,35-36,39-40H,5-12,15-18,31-34H2,1-4H3. The van der Waals surface area contributed by atoms with Crippen molar-refractivity contribution in [3.05, 3.63) is 119 Å². The molecule has 0 bridgehead atoms. The van der Waals surface area contributed by atoms with Gasteiger partial charge in [-0.3, -0.25) is 0 Å². The monoisotopic (exact) mass is 830 g/mol. The number of thioether (sulfide) groups is 1. The van der Waals surface area contributed by atoms with Crippen LogP contribution in [-0.4, -0.2) is 19.2 Å². The second-order valence-corrected chi connectivity index (χ2v) is 20.7. The molecule has 2 heterocycles. The minimum absolute atomic E-state index is 0.0887. The predicted octanol–water partition coefficient (Wildman–Crippen LogP) is 15.2. The highest BCUT2D eigenvalue weighted by Crippen LogP contribution is 2.67. The lowest BCUT2D eigenvalue weighted by molar-refractivity contribution is 0.0132. The molecule has 0 aromatic heterocycles. The Hall–Kier alpha value is -4.35. The zero-order valence-corrected chi connectivity index (χ0v) is 37.6. The summed E-state index contributed by atoms with van der Waals surface area (Å²) in [5.74, 6) is 4.90. The minimum Gasteiger partial charge on any atom is -0.497 e. The second kappa shape index (κ2) is 15.2. The smallest absolute Gasteiger partial charge is 0.178 e. The van der Waals surface area contributed by atoms with Crippen molar-refractivity contribution in [3.63, 3.8) is 0 Å². The average Bonchev–Trinajstić information content (AvgIpc) is 3.86. The molecule has 61 heavy (non-hydrogen) atoms. The number of ether oxygens (including phenoxy) is 4. The van der Waals surface area contributed by atoms with Crippen molar-refractivity contribution in [1.29, 1.82) is 0 Å². The van der Waals surface area contributed by atoms with Crippen LogP contribution in [-0.2, 0) is 11.0 Å². The number of hydrogen-bond donors (Lipinski definition) is 0. The molecule has 0 atom stereocenters. The van der Waals surface area contributed by atoms with E-state index in [1.165, 1.54) is 133 Å². The Bertz CT molecular complexity index is 2410. The first kappa shape index (κ1) is 39.5. The normalized spacial score (nSPS) is 21.8. The molecule has 1 spiro atoms. The Balaban J connectivity index is 1.17. The molecule has 0 amide bonds. The van der Waals surface area contributed by atoms with Crippen LogP contribution in [0.1, 0.15) is 144 Å². The van der Waals surface area contributed by atoms with Crippen molar-refractivity contribution in [1.82, 2.24) is 0 Å². The van der Waals surface area contributed by atoms with Crippen LogP contribution in [0.2, 0.25) is 0 Å². The van der Waals surface area contributed by atoms with E-state index in [0.29, 0.717) is 17.3 Å². The van der Waals surface area contributed by atoms with Gasteiger partial charge in [0.2, 0.25) is 0 Å². The molecule has 11 rings (SSSR count). The van der Waals surface area contributed by atoms with Crippen LogP contribution in [0.4, 0.5) is 0 Å². The van der Waals surface area contributed by atoms with Crippen LogP contribution < -0.4 is 18.9 Å². The molecule has 0 N–H and O–H groups in total. The van der Waals surface area contributed by atoms with Crippen LogP contribution in [0.25, 0.3) is 28.0 Å². The molecule has 4 nitrogen and oxygen atoms in total. The van der Waals surface area contributed by atoms with E-state index in [0.717, 1.165) is 47.0 Å². The highest BCUT2D eigenvalue weighted by atomic mass is 32.2. The molecule has 6 aliphatic rings. The van der Waals surface area contributed by atoms with Crippen molar-refractivity contribution >= 4 is 28.6 Å². The van der Waals surface area contributed by atoms with E-state index in [9.17, 15) is 0 Å². The number of rotatable bonds is 8. The summed E-state index contributed by atoms with van der Waals surface area (Å²) in [6, 6.07) is 31.3. The van der Waals surface area contributed by atoms with Crippen molar-refractivity contribution < 1.29 is 18.9 Å². The van der Waals surface area contributed by atoms with Gasteiger partial charge >= 0.3 is 0 Å². The Kier molecular flexibility index (Phi) is 9.83. The fraction of sp³-hybridized carbons (Fsp3) is 0.464. The van der Waals surface area contributed by atoms with E-state index in [1.807, 2.05) is 0 Å². The highest BCUT2D eigenvalue weighted by Gasteiger charge is 2.55. The van der Waals surface area contributed by atoms with Crippen molar-refractivity contribution in [3.8, 4) is 34.1 Å². The Morgan fingerprint density at radius 3 is 1.82 bits per heavy atom. The molecule has 0 saturated heterocycles. The van der Waals surface area contributed by atoms with E-state index in [4.69, 9.17) is 18.9 Å². The summed E-state index contributed by atoms with van der Waals surface area (Å²) < 4.78 is 26.9. The zero-order valence-electron chi connectivity index (χ0n) is 36.7. The van der Waals surface area contributed by atoms with Crippen LogP contribution in [0, 0.1) is 17.3 Å². The van der Waals surface area contributed by atoms with Crippen LogP contribution in [0.3, 0.4) is 0 Å². The maximum atomic E-state index is 7.92. The van der Waals surface area contributed by atoms with Gasteiger partial charge in [0.25, 0.3) is 0 Å².